The number of halogens is 1. The summed E-state index contributed by atoms with van der Waals surface area (Å²) in [7, 11) is 1.82. The van der Waals surface area contributed by atoms with E-state index in [0.29, 0.717) is 27.3 Å². The standard InChI is InChI=1S/C22H20ClN3O2S/c1-13-7-9-14(10-8-13)16-11-18(27)24-20-19(16)21(28)25-22(26(20)2)29-12-15-5-3-4-6-17(15)23/h3-10,16H,11-12H2,1-2H3,(H,24,27). The quantitative estimate of drug-likeness (QED) is 0.493. The van der Waals surface area contributed by atoms with Gasteiger partial charge in [0.15, 0.2) is 5.16 Å². The van der Waals surface area contributed by atoms with Crippen LogP contribution < -0.4 is 10.9 Å². The Labute approximate surface area is 178 Å². The minimum absolute atomic E-state index is 0.105. The van der Waals surface area contributed by atoms with E-state index in [1.54, 1.807) is 4.57 Å². The number of fused-ring (bicyclic) bond motifs is 1. The fourth-order valence-electron chi connectivity index (χ4n) is 3.51. The highest BCUT2D eigenvalue weighted by Crippen LogP contribution is 2.36. The molecule has 0 aliphatic carbocycles. The van der Waals surface area contributed by atoms with Crippen molar-refractivity contribution in [1.82, 2.24) is 9.55 Å². The minimum Gasteiger partial charge on any atom is -0.312 e. The molecule has 0 bridgehead atoms. The summed E-state index contributed by atoms with van der Waals surface area (Å²) in [5, 5.41) is 4.09. The average Bonchev–Trinajstić information content (AvgIpc) is 2.70. The lowest BCUT2D eigenvalue weighted by molar-refractivity contribution is -0.116. The monoisotopic (exact) mass is 425 g/mol. The molecule has 0 fully saturated rings. The second-order valence-corrected chi connectivity index (χ2v) is 8.47. The van der Waals surface area contributed by atoms with Gasteiger partial charge in [0, 0.05) is 30.2 Å². The van der Waals surface area contributed by atoms with Crippen molar-refractivity contribution in [3.63, 3.8) is 0 Å². The van der Waals surface area contributed by atoms with E-state index < -0.39 is 0 Å². The molecular formula is C22H20ClN3O2S. The molecule has 0 radical (unpaired) electrons. The van der Waals surface area contributed by atoms with E-state index in [1.807, 2.05) is 62.5 Å². The first-order chi connectivity index (χ1) is 13.9. The van der Waals surface area contributed by atoms with Gasteiger partial charge in [-0.2, -0.15) is 4.98 Å². The SMILES string of the molecule is Cc1ccc(C2CC(=O)Nc3c2c(=O)nc(SCc2ccccc2Cl)n3C)cc1. The molecule has 2 heterocycles. The van der Waals surface area contributed by atoms with Crippen LogP contribution in [0.2, 0.25) is 5.02 Å². The van der Waals surface area contributed by atoms with Crippen molar-refractivity contribution in [1.29, 1.82) is 0 Å². The molecule has 0 saturated carbocycles. The molecule has 0 saturated heterocycles. The number of aromatic nitrogens is 2. The van der Waals surface area contributed by atoms with Gasteiger partial charge in [-0.3, -0.25) is 9.59 Å². The van der Waals surface area contributed by atoms with Crippen molar-refractivity contribution >= 4 is 35.1 Å². The van der Waals surface area contributed by atoms with Gasteiger partial charge in [0.05, 0.1) is 5.56 Å². The predicted octanol–water partition coefficient (Wildman–Crippen LogP) is 4.51. The van der Waals surface area contributed by atoms with Crippen LogP contribution in [-0.2, 0) is 17.6 Å². The first-order valence-electron chi connectivity index (χ1n) is 9.27. The molecule has 1 unspecified atom stereocenters. The summed E-state index contributed by atoms with van der Waals surface area (Å²) >= 11 is 7.65. The maximum absolute atomic E-state index is 13.0. The predicted molar refractivity (Wildman–Crippen MR) is 117 cm³/mol. The van der Waals surface area contributed by atoms with E-state index in [-0.39, 0.29) is 23.8 Å². The summed E-state index contributed by atoms with van der Waals surface area (Å²) in [6.45, 7) is 2.01. The highest BCUT2D eigenvalue weighted by atomic mass is 35.5. The van der Waals surface area contributed by atoms with Crippen LogP contribution in [0.25, 0.3) is 0 Å². The van der Waals surface area contributed by atoms with Gasteiger partial charge in [0.2, 0.25) is 5.91 Å². The largest absolute Gasteiger partial charge is 0.312 e. The zero-order valence-electron chi connectivity index (χ0n) is 16.1. The van der Waals surface area contributed by atoms with E-state index in [9.17, 15) is 9.59 Å². The molecule has 0 spiro atoms. The summed E-state index contributed by atoms with van der Waals surface area (Å²) in [6, 6.07) is 15.5. The lowest BCUT2D eigenvalue weighted by Gasteiger charge is -2.27. The zero-order valence-corrected chi connectivity index (χ0v) is 17.7. The van der Waals surface area contributed by atoms with Gasteiger partial charge >= 0.3 is 0 Å². The van der Waals surface area contributed by atoms with Crippen LogP contribution in [0.5, 0.6) is 0 Å². The lowest BCUT2D eigenvalue weighted by Crippen LogP contribution is -2.33. The Morgan fingerprint density at radius 2 is 1.90 bits per heavy atom. The maximum atomic E-state index is 13.0. The number of carbonyl (C=O) groups is 1. The Hall–Kier alpha value is -2.57. The fourth-order valence-corrected chi connectivity index (χ4v) is 4.76. The van der Waals surface area contributed by atoms with E-state index >= 15 is 0 Å². The van der Waals surface area contributed by atoms with Gasteiger partial charge in [-0.15, -0.1) is 0 Å². The molecule has 1 aromatic heterocycles. The van der Waals surface area contributed by atoms with Crippen LogP contribution in [0.1, 0.15) is 34.6 Å². The molecule has 148 valence electrons. The van der Waals surface area contributed by atoms with E-state index in [0.717, 1.165) is 16.7 Å². The molecule has 5 nitrogen and oxygen atoms in total. The number of anilines is 1. The van der Waals surface area contributed by atoms with Gasteiger partial charge in [-0.1, -0.05) is 71.4 Å². The van der Waals surface area contributed by atoms with Gasteiger partial charge in [0.25, 0.3) is 5.56 Å². The van der Waals surface area contributed by atoms with Crippen molar-refractivity contribution in [3.8, 4) is 0 Å². The Morgan fingerprint density at radius 3 is 2.62 bits per heavy atom. The van der Waals surface area contributed by atoms with Gasteiger partial charge < -0.3 is 9.88 Å². The van der Waals surface area contributed by atoms with Crippen LogP contribution in [0, 0.1) is 6.92 Å². The molecule has 7 heteroatoms. The fraction of sp³-hybridized carbons (Fsp3) is 0.227. The molecule has 29 heavy (non-hydrogen) atoms. The number of amides is 1. The summed E-state index contributed by atoms with van der Waals surface area (Å²) in [5.74, 6) is 0.696. The molecule has 1 amide bonds. The minimum atomic E-state index is -0.301. The number of nitrogens with zero attached hydrogens (tertiary/aromatic N) is 2. The Bertz CT molecular complexity index is 1140. The van der Waals surface area contributed by atoms with E-state index in [2.05, 4.69) is 10.3 Å². The Kier molecular flexibility index (Phi) is 5.48. The molecule has 3 aromatic rings. The third-order valence-electron chi connectivity index (χ3n) is 5.10. The van der Waals surface area contributed by atoms with Crippen LogP contribution in [0.15, 0.2) is 58.5 Å². The van der Waals surface area contributed by atoms with Crippen molar-refractivity contribution in [2.75, 3.05) is 5.32 Å². The van der Waals surface area contributed by atoms with Crippen LogP contribution >= 0.6 is 23.4 Å². The average molecular weight is 426 g/mol. The highest BCUT2D eigenvalue weighted by Gasteiger charge is 2.32. The van der Waals surface area contributed by atoms with Crippen LogP contribution in [-0.4, -0.2) is 15.5 Å². The second kappa shape index (κ2) is 8.05. The normalized spacial score (nSPS) is 15.7. The summed E-state index contributed by atoms with van der Waals surface area (Å²) in [4.78, 5) is 29.7. The Balaban J connectivity index is 1.72. The topological polar surface area (TPSA) is 64.0 Å². The van der Waals surface area contributed by atoms with Crippen molar-refractivity contribution < 1.29 is 4.79 Å². The van der Waals surface area contributed by atoms with Crippen LogP contribution in [0.4, 0.5) is 5.82 Å². The molecular weight excluding hydrogens is 406 g/mol. The number of benzene rings is 2. The van der Waals surface area contributed by atoms with Crippen molar-refractivity contribution in [3.05, 3.63) is 86.2 Å². The number of thioether (sulfide) groups is 1. The van der Waals surface area contributed by atoms with E-state index in [1.165, 1.54) is 11.8 Å². The summed E-state index contributed by atoms with van der Waals surface area (Å²) in [6.07, 6.45) is 0.235. The van der Waals surface area contributed by atoms with Crippen molar-refractivity contribution in [2.24, 2.45) is 7.05 Å². The van der Waals surface area contributed by atoms with Crippen LogP contribution in [0.3, 0.4) is 0 Å². The lowest BCUT2D eigenvalue weighted by atomic mass is 9.86. The molecule has 1 aliphatic rings. The first-order valence-corrected chi connectivity index (χ1v) is 10.6. The van der Waals surface area contributed by atoms with Crippen molar-refractivity contribution in [2.45, 2.75) is 30.2 Å². The van der Waals surface area contributed by atoms with Gasteiger partial charge in [-0.05, 0) is 24.1 Å². The number of carbonyl (C=O) groups excluding carboxylic acids is 1. The van der Waals surface area contributed by atoms with Gasteiger partial charge in [0.1, 0.15) is 5.82 Å². The summed E-state index contributed by atoms with van der Waals surface area (Å²) in [5.41, 5.74) is 3.28. The zero-order chi connectivity index (χ0) is 20.5. The third kappa shape index (κ3) is 3.95. The maximum Gasteiger partial charge on any atom is 0.279 e. The molecule has 1 atom stereocenters. The highest BCUT2D eigenvalue weighted by molar-refractivity contribution is 7.98. The molecule has 1 N–H and O–H groups in total. The second-order valence-electron chi connectivity index (χ2n) is 7.12. The number of rotatable bonds is 4. The number of hydrogen-bond donors (Lipinski definition) is 1. The summed E-state index contributed by atoms with van der Waals surface area (Å²) < 4.78 is 1.79. The molecule has 1 aliphatic heterocycles. The first kappa shape index (κ1) is 19.7. The molecule has 2 aromatic carbocycles. The van der Waals surface area contributed by atoms with E-state index in [4.69, 9.17) is 11.6 Å². The molecule has 4 rings (SSSR count). The third-order valence-corrected chi connectivity index (χ3v) is 6.54. The number of aryl methyl sites for hydroxylation is 1. The number of nitrogens with one attached hydrogen (secondary N) is 1. The smallest absolute Gasteiger partial charge is 0.279 e. The number of hydrogen-bond acceptors (Lipinski definition) is 4. The Morgan fingerprint density at radius 1 is 1.17 bits per heavy atom. The van der Waals surface area contributed by atoms with Gasteiger partial charge in [-0.25, -0.2) is 0 Å².